The zero-order valence-corrected chi connectivity index (χ0v) is 18.7. The van der Waals surface area contributed by atoms with Gasteiger partial charge in [-0.05, 0) is 42.8 Å². The third kappa shape index (κ3) is 6.07. The number of nitrogens with zero attached hydrogens (tertiary/aromatic N) is 2. The minimum absolute atomic E-state index is 0.136. The molecular formula is C18H13Cl3N4O2S2. The first-order valence-electron chi connectivity index (χ1n) is 8.10. The molecule has 29 heavy (non-hydrogen) atoms. The number of benzene rings is 2. The molecule has 2 amide bonds. The van der Waals surface area contributed by atoms with Gasteiger partial charge in [0, 0.05) is 15.7 Å². The normalized spacial score (nSPS) is 10.6. The van der Waals surface area contributed by atoms with Crippen LogP contribution in [0.25, 0.3) is 0 Å². The average molecular weight is 488 g/mol. The summed E-state index contributed by atoms with van der Waals surface area (Å²) in [6.07, 6.45) is 0. The molecule has 0 aliphatic carbocycles. The number of carbonyl (C=O) groups is 2. The van der Waals surface area contributed by atoms with Crippen LogP contribution in [0, 0.1) is 6.92 Å². The molecule has 1 aromatic heterocycles. The average Bonchev–Trinajstić information content (AvgIpc) is 3.10. The standard InChI is InChI=1S/C18H13Cl3N4O2S2/c1-9-2-4-11(7-13(9)20)22-15(26)8-28-18-25-24-17(29-18)23-16(27)12-5-3-10(19)6-14(12)21/h2-7H,8H2,1H3,(H,22,26)(H,23,24,27). The van der Waals surface area contributed by atoms with Crippen molar-refractivity contribution in [3.05, 3.63) is 62.6 Å². The summed E-state index contributed by atoms with van der Waals surface area (Å²) in [6.45, 7) is 1.89. The number of rotatable bonds is 6. The van der Waals surface area contributed by atoms with E-state index in [9.17, 15) is 9.59 Å². The van der Waals surface area contributed by atoms with Gasteiger partial charge in [0.2, 0.25) is 11.0 Å². The summed E-state index contributed by atoms with van der Waals surface area (Å²) >= 11 is 20.3. The molecule has 0 bridgehead atoms. The monoisotopic (exact) mass is 486 g/mol. The molecule has 0 saturated heterocycles. The van der Waals surface area contributed by atoms with Crippen LogP contribution in [0.5, 0.6) is 0 Å². The van der Waals surface area contributed by atoms with Crippen molar-refractivity contribution >= 4 is 80.5 Å². The van der Waals surface area contributed by atoms with Crippen molar-refractivity contribution in [2.24, 2.45) is 0 Å². The Balaban J connectivity index is 1.54. The van der Waals surface area contributed by atoms with E-state index in [-0.39, 0.29) is 22.2 Å². The smallest absolute Gasteiger partial charge is 0.259 e. The van der Waals surface area contributed by atoms with Gasteiger partial charge < -0.3 is 5.32 Å². The number of thioether (sulfide) groups is 1. The first-order valence-corrected chi connectivity index (χ1v) is 11.0. The summed E-state index contributed by atoms with van der Waals surface area (Å²) < 4.78 is 0.541. The molecule has 0 atom stereocenters. The van der Waals surface area contributed by atoms with Gasteiger partial charge in [0.05, 0.1) is 16.3 Å². The second kappa shape index (κ2) is 9.77. The van der Waals surface area contributed by atoms with E-state index in [4.69, 9.17) is 34.8 Å². The van der Waals surface area contributed by atoms with Crippen molar-refractivity contribution in [2.75, 3.05) is 16.4 Å². The molecule has 150 valence electrons. The Morgan fingerprint density at radius 3 is 2.55 bits per heavy atom. The molecule has 3 rings (SSSR count). The summed E-state index contributed by atoms with van der Waals surface area (Å²) in [5.41, 5.74) is 1.83. The van der Waals surface area contributed by atoms with E-state index in [0.717, 1.165) is 16.9 Å². The van der Waals surface area contributed by atoms with E-state index in [1.54, 1.807) is 18.2 Å². The number of amides is 2. The third-order valence-corrected chi connectivity index (χ3v) is 6.51. The maximum atomic E-state index is 12.3. The van der Waals surface area contributed by atoms with Gasteiger partial charge >= 0.3 is 0 Å². The number of hydrogen-bond donors (Lipinski definition) is 2. The van der Waals surface area contributed by atoms with Crippen molar-refractivity contribution in [3.63, 3.8) is 0 Å². The largest absolute Gasteiger partial charge is 0.325 e. The van der Waals surface area contributed by atoms with Gasteiger partial charge in [-0.15, -0.1) is 10.2 Å². The number of hydrogen-bond acceptors (Lipinski definition) is 6. The second-order valence-corrected chi connectivity index (χ2v) is 9.20. The Bertz CT molecular complexity index is 1080. The van der Waals surface area contributed by atoms with E-state index in [2.05, 4.69) is 20.8 Å². The Labute approximate surface area is 190 Å². The van der Waals surface area contributed by atoms with Gasteiger partial charge in [0.1, 0.15) is 0 Å². The van der Waals surface area contributed by atoms with Gasteiger partial charge in [-0.2, -0.15) is 0 Å². The van der Waals surface area contributed by atoms with Gasteiger partial charge in [0.25, 0.3) is 5.91 Å². The maximum Gasteiger partial charge on any atom is 0.259 e. The molecule has 2 aromatic carbocycles. The van der Waals surface area contributed by atoms with E-state index < -0.39 is 5.91 Å². The lowest BCUT2D eigenvalue weighted by molar-refractivity contribution is -0.113. The van der Waals surface area contributed by atoms with Crippen molar-refractivity contribution in [2.45, 2.75) is 11.3 Å². The van der Waals surface area contributed by atoms with Crippen LogP contribution in [0.15, 0.2) is 40.7 Å². The molecule has 6 nitrogen and oxygen atoms in total. The Hall–Kier alpha value is -1.84. The van der Waals surface area contributed by atoms with Crippen LogP contribution in [0.3, 0.4) is 0 Å². The minimum Gasteiger partial charge on any atom is -0.325 e. The SMILES string of the molecule is Cc1ccc(NC(=O)CSc2nnc(NC(=O)c3ccc(Cl)cc3Cl)s2)cc1Cl. The van der Waals surface area contributed by atoms with E-state index in [1.807, 2.05) is 13.0 Å². The second-order valence-electron chi connectivity index (χ2n) is 5.75. The molecule has 0 aliphatic heterocycles. The quantitative estimate of drug-likeness (QED) is 0.339. The highest BCUT2D eigenvalue weighted by molar-refractivity contribution is 8.01. The fourth-order valence-corrected chi connectivity index (χ4v) is 4.37. The Morgan fingerprint density at radius 1 is 1.03 bits per heavy atom. The van der Waals surface area contributed by atoms with Crippen LogP contribution in [0.4, 0.5) is 10.8 Å². The fraction of sp³-hybridized carbons (Fsp3) is 0.111. The first kappa shape index (κ1) is 21.9. The summed E-state index contributed by atoms with van der Waals surface area (Å²) in [5.74, 6) is -0.492. The van der Waals surface area contributed by atoms with Crippen LogP contribution in [0.2, 0.25) is 15.1 Å². The molecule has 0 aliphatic rings. The van der Waals surface area contributed by atoms with Crippen molar-refractivity contribution < 1.29 is 9.59 Å². The molecule has 0 unspecified atom stereocenters. The van der Waals surface area contributed by atoms with Crippen LogP contribution < -0.4 is 10.6 Å². The molecule has 0 fully saturated rings. The van der Waals surface area contributed by atoms with Crippen molar-refractivity contribution in [1.82, 2.24) is 10.2 Å². The lowest BCUT2D eigenvalue weighted by Crippen LogP contribution is -2.13. The molecule has 2 N–H and O–H groups in total. The van der Waals surface area contributed by atoms with Crippen molar-refractivity contribution in [3.8, 4) is 0 Å². The van der Waals surface area contributed by atoms with Crippen LogP contribution in [-0.2, 0) is 4.79 Å². The number of anilines is 2. The number of nitrogens with one attached hydrogen (secondary N) is 2. The molecule has 0 radical (unpaired) electrons. The summed E-state index contributed by atoms with van der Waals surface area (Å²) in [7, 11) is 0. The molecule has 1 heterocycles. The predicted molar refractivity (Wildman–Crippen MR) is 120 cm³/mol. The van der Waals surface area contributed by atoms with Crippen molar-refractivity contribution in [1.29, 1.82) is 0 Å². The van der Waals surface area contributed by atoms with Crippen LogP contribution >= 0.6 is 57.9 Å². The predicted octanol–water partition coefficient (Wildman–Crippen LogP) is 5.79. The third-order valence-electron chi connectivity index (χ3n) is 3.59. The molecule has 3 aromatic rings. The molecular weight excluding hydrogens is 475 g/mol. The van der Waals surface area contributed by atoms with Gasteiger partial charge in [-0.25, -0.2) is 0 Å². The zero-order valence-electron chi connectivity index (χ0n) is 14.8. The minimum atomic E-state index is -0.423. The Kier molecular flexibility index (Phi) is 7.37. The number of carbonyl (C=O) groups excluding carboxylic acids is 2. The van der Waals surface area contributed by atoms with E-state index >= 15 is 0 Å². The molecule has 0 saturated carbocycles. The summed E-state index contributed by atoms with van der Waals surface area (Å²) in [5, 5.41) is 14.8. The maximum absolute atomic E-state index is 12.3. The fourth-order valence-electron chi connectivity index (χ4n) is 2.15. The number of aryl methyl sites for hydroxylation is 1. The van der Waals surface area contributed by atoms with Gasteiger partial charge in [-0.3, -0.25) is 14.9 Å². The van der Waals surface area contributed by atoms with Gasteiger partial charge in [-0.1, -0.05) is 64.0 Å². The highest BCUT2D eigenvalue weighted by atomic mass is 35.5. The Morgan fingerprint density at radius 2 is 1.83 bits per heavy atom. The van der Waals surface area contributed by atoms with Crippen LogP contribution in [0.1, 0.15) is 15.9 Å². The molecule has 0 spiro atoms. The number of aromatic nitrogens is 2. The summed E-state index contributed by atoms with van der Waals surface area (Å²) in [6, 6.07) is 9.89. The lowest BCUT2D eigenvalue weighted by atomic mass is 10.2. The van der Waals surface area contributed by atoms with Crippen LogP contribution in [-0.4, -0.2) is 27.8 Å². The zero-order chi connectivity index (χ0) is 21.0. The van der Waals surface area contributed by atoms with E-state index in [1.165, 1.54) is 23.9 Å². The highest BCUT2D eigenvalue weighted by Gasteiger charge is 2.14. The van der Waals surface area contributed by atoms with E-state index in [0.29, 0.717) is 25.2 Å². The topological polar surface area (TPSA) is 84.0 Å². The molecule has 11 heteroatoms. The lowest BCUT2D eigenvalue weighted by Gasteiger charge is -2.06. The first-order chi connectivity index (χ1) is 13.8. The number of halogens is 3. The van der Waals surface area contributed by atoms with Gasteiger partial charge in [0.15, 0.2) is 4.34 Å². The summed E-state index contributed by atoms with van der Waals surface area (Å²) in [4.78, 5) is 24.4. The highest BCUT2D eigenvalue weighted by Crippen LogP contribution is 2.27.